The number of pyridine rings is 1. The second-order valence-corrected chi connectivity index (χ2v) is 8.29. The van der Waals surface area contributed by atoms with Crippen molar-refractivity contribution in [2.45, 2.75) is 6.18 Å². The van der Waals surface area contributed by atoms with Gasteiger partial charge in [0.1, 0.15) is 5.69 Å². The maximum Gasteiger partial charge on any atom is 0.435 e. The summed E-state index contributed by atoms with van der Waals surface area (Å²) in [4.78, 5) is 16.8. The number of alkyl halides is 3. The molecular weight excluding hydrogens is 530 g/mol. The number of anilines is 1. The summed E-state index contributed by atoms with van der Waals surface area (Å²) in [7, 11) is 0. The Morgan fingerprint density at radius 1 is 1.20 bits per heavy atom. The molecule has 0 spiro atoms. The molecular formula is C17H7BrCl2F3N5OS. The zero-order valence-electron chi connectivity index (χ0n) is 14.3. The number of halogens is 6. The molecule has 4 aromatic rings. The quantitative estimate of drug-likeness (QED) is 0.337. The maximum absolute atomic E-state index is 13.2. The van der Waals surface area contributed by atoms with Crippen LogP contribution in [0.1, 0.15) is 16.2 Å². The van der Waals surface area contributed by atoms with E-state index in [0.717, 1.165) is 16.2 Å². The summed E-state index contributed by atoms with van der Waals surface area (Å²) in [6, 6.07) is 6.87. The Kier molecular flexibility index (Phi) is 5.47. The number of carbonyl (C=O) groups excluding carboxylic acids is 1. The Bertz CT molecular complexity index is 1290. The maximum atomic E-state index is 13.2. The van der Waals surface area contributed by atoms with E-state index in [1.165, 1.54) is 18.3 Å². The fourth-order valence-corrected chi connectivity index (χ4v) is 4.44. The van der Waals surface area contributed by atoms with E-state index in [1.807, 2.05) is 0 Å². The highest BCUT2D eigenvalue weighted by Crippen LogP contribution is 2.38. The molecule has 1 amide bonds. The summed E-state index contributed by atoms with van der Waals surface area (Å²) in [6.45, 7) is 0. The van der Waals surface area contributed by atoms with E-state index in [1.54, 1.807) is 12.1 Å². The average molecular weight is 537 g/mol. The van der Waals surface area contributed by atoms with Gasteiger partial charge in [0, 0.05) is 16.7 Å². The van der Waals surface area contributed by atoms with Crippen LogP contribution in [0.2, 0.25) is 10.0 Å². The fraction of sp³-hybridized carbons (Fsp3) is 0.0588. The number of benzene rings is 1. The molecule has 0 saturated carbocycles. The molecule has 0 bridgehead atoms. The van der Waals surface area contributed by atoms with Crippen molar-refractivity contribution in [3.05, 3.63) is 62.4 Å². The summed E-state index contributed by atoms with van der Waals surface area (Å²) in [5.74, 6) is -0.897. The summed E-state index contributed by atoms with van der Waals surface area (Å²) in [5, 5.41) is 6.80. The SMILES string of the molecule is O=C(Nc1nsc2c(Br)ccc(Cl)c12)c1cc(C(F)(F)F)nn1-c1ncccc1Cl. The Balaban J connectivity index is 1.81. The third kappa shape index (κ3) is 3.78. The highest BCUT2D eigenvalue weighted by atomic mass is 79.9. The smallest absolute Gasteiger partial charge is 0.304 e. The van der Waals surface area contributed by atoms with Crippen molar-refractivity contribution < 1.29 is 18.0 Å². The van der Waals surface area contributed by atoms with Crippen LogP contribution in [0.3, 0.4) is 0 Å². The van der Waals surface area contributed by atoms with Crippen LogP contribution in [0, 0.1) is 0 Å². The molecule has 0 atom stereocenters. The van der Waals surface area contributed by atoms with E-state index in [0.29, 0.717) is 25.6 Å². The summed E-state index contributed by atoms with van der Waals surface area (Å²) < 4.78 is 46.0. The average Bonchev–Trinajstić information content (AvgIpc) is 3.30. The first-order chi connectivity index (χ1) is 14.2. The minimum Gasteiger partial charge on any atom is -0.304 e. The van der Waals surface area contributed by atoms with Crippen molar-refractivity contribution in [1.82, 2.24) is 19.1 Å². The molecule has 0 aliphatic rings. The molecule has 6 nitrogen and oxygen atoms in total. The van der Waals surface area contributed by atoms with Crippen LogP contribution in [0.25, 0.3) is 15.9 Å². The zero-order valence-corrected chi connectivity index (χ0v) is 18.3. The largest absolute Gasteiger partial charge is 0.435 e. The van der Waals surface area contributed by atoms with Crippen LogP contribution in [0.5, 0.6) is 0 Å². The normalized spacial score (nSPS) is 11.8. The van der Waals surface area contributed by atoms with E-state index >= 15 is 0 Å². The molecule has 3 heterocycles. The molecule has 30 heavy (non-hydrogen) atoms. The highest BCUT2D eigenvalue weighted by molar-refractivity contribution is 9.10. The number of rotatable bonds is 3. The van der Waals surface area contributed by atoms with Crippen LogP contribution in [-0.2, 0) is 6.18 Å². The minimum atomic E-state index is -4.77. The molecule has 0 aliphatic heterocycles. The van der Waals surface area contributed by atoms with Gasteiger partial charge in [-0.2, -0.15) is 22.6 Å². The van der Waals surface area contributed by atoms with Crippen molar-refractivity contribution in [3.63, 3.8) is 0 Å². The van der Waals surface area contributed by atoms with Crippen molar-refractivity contribution >= 4 is 72.5 Å². The number of aromatic nitrogens is 4. The monoisotopic (exact) mass is 535 g/mol. The van der Waals surface area contributed by atoms with Gasteiger partial charge in [-0.05, 0) is 51.7 Å². The van der Waals surface area contributed by atoms with Crippen LogP contribution >= 0.6 is 50.7 Å². The lowest BCUT2D eigenvalue weighted by atomic mass is 10.2. The predicted molar refractivity (Wildman–Crippen MR) is 112 cm³/mol. The topological polar surface area (TPSA) is 72.7 Å². The van der Waals surface area contributed by atoms with Crippen molar-refractivity contribution in [2.75, 3.05) is 5.32 Å². The van der Waals surface area contributed by atoms with Crippen molar-refractivity contribution in [3.8, 4) is 5.82 Å². The number of nitrogens with zero attached hydrogens (tertiary/aromatic N) is 4. The molecule has 4 rings (SSSR count). The number of amides is 1. The number of hydrogen-bond donors (Lipinski definition) is 1. The van der Waals surface area contributed by atoms with Gasteiger partial charge in [0.25, 0.3) is 5.91 Å². The van der Waals surface area contributed by atoms with Crippen LogP contribution in [0.15, 0.2) is 41.0 Å². The third-order valence-corrected chi connectivity index (χ3v) is 6.34. The second-order valence-electron chi connectivity index (χ2n) is 5.85. The van der Waals surface area contributed by atoms with Crippen LogP contribution in [0.4, 0.5) is 19.0 Å². The Morgan fingerprint density at radius 2 is 1.97 bits per heavy atom. The lowest BCUT2D eigenvalue weighted by Crippen LogP contribution is -2.18. The number of fused-ring (bicyclic) bond motifs is 1. The van der Waals surface area contributed by atoms with Crippen LogP contribution in [-0.4, -0.2) is 25.0 Å². The van der Waals surface area contributed by atoms with E-state index in [4.69, 9.17) is 23.2 Å². The first-order valence-electron chi connectivity index (χ1n) is 7.99. The zero-order chi connectivity index (χ0) is 21.6. The predicted octanol–water partition coefficient (Wildman–Crippen LogP) is 6.22. The first kappa shape index (κ1) is 21.0. The molecule has 0 radical (unpaired) electrons. The summed E-state index contributed by atoms with van der Waals surface area (Å²) in [5.41, 5.74) is -1.69. The number of carbonyl (C=O) groups is 1. The molecule has 1 N–H and O–H groups in total. The van der Waals surface area contributed by atoms with Gasteiger partial charge in [-0.3, -0.25) is 4.79 Å². The van der Waals surface area contributed by atoms with Gasteiger partial charge in [0.15, 0.2) is 17.3 Å². The molecule has 0 aliphatic carbocycles. The standard InChI is InChI=1S/C17H7BrCl2F3N5OS/c18-7-3-4-8(19)12-13(7)30-27-14(12)25-16(29)10-6-11(17(21,22)23)26-28(10)15-9(20)2-1-5-24-15/h1-6H,(H,25,27,29). The third-order valence-electron chi connectivity index (χ3n) is 3.93. The van der Waals surface area contributed by atoms with Gasteiger partial charge in [0.05, 0.1) is 20.1 Å². The Hall–Kier alpha value is -2.21. The molecule has 0 fully saturated rings. The lowest BCUT2D eigenvalue weighted by Gasteiger charge is -2.08. The van der Waals surface area contributed by atoms with E-state index in [-0.39, 0.29) is 16.7 Å². The molecule has 0 unspecified atom stereocenters. The Morgan fingerprint density at radius 3 is 2.67 bits per heavy atom. The number of hydrogen-bond acceptors (Lipinski definition) is 5. The highest BCUT2D eigenvalue weighted by Gasteiger charge is 2.36. The van der Waals surface area contributed by atoms with E-state index in [9.17, 15) is 18.0 Å². The van der Waals surface area contributed by atoms with Crippen molar-refractivity contribution in [2.24, 2.45) is 0 Å². The van der Waals surface area contributed by atoms with Gasteiger partial charge in [-0.1, -0.05) is 23.2 Å². The number of nitrogens with one attached hydrogen (secondary N) is 1. The molecule has 0 saturated heterocycles. The molecule has 13 heteroatoms. The van der Waals surface area contributed by atoms with Gasteiger partial charge < -0.3 is 5.32 Å². The lowest BCUT2D eigenvalue weighted by molar-refractivity contribution is -0.141. The first-order valence-corrected chi connectivity index (χ1v) is 10.3. The summed E-state index contributed by atoms with van der Waals surface area (Å²) >= 11 is 16.7. The van der Waals surface area contributed by atoms with E-state index < -0.39 is 23.5 Å². The van der Waals surface area contributed by atoms with Gasteiger partial charge in [-0.25, -0.2) is 9.67 Å². The minimum absolute atomic E-state index is 0.0226. The van der Waals surface area contributed by atoms with Gasteiger partial charge in [-0.15, -0.1) is 0 Å². The van der Waals surface area contributed by atoms with Gasteiger partial charge >= 0.3 is 6.18 Å². The fourth-order valence-electron chi connectivity index (χ4n) is 2.61. The molecule has 154 valence electrons. The molecule has 1 aromatic carbocycles. The van der Waals surface area contributed by atoms with E-state index in [2.05, 4.69) is 35.7 Å². The second kappa shape index (κ2) is 7.80. The summed E-state index contributed by atoms with van der Waals surface area (Å²) in [6.07, 6.45) is -3.45. The molecule has 3 aromatic heterocycles. The Labute approximate surface area is 188 Å². The van der Waals surface area contributed by atoms with Gasteiger partial charge in [0.2, 0.25) is 0 Å². The van der Waals surface area contributed by atoms with Crippen LogP contribution < -0.4 is 5.32 Å². The van der Waals surface area contributed by atoms with Crippen molar-refractivity contribution in [1.29, 1.82) is 0 Å².